The number of aryl methyl sites for hydroxylation is 1. The molecule has 15 heavy (non-hydrogen) atoms. The van der Waals surface area contributed by atoms with Crippen LogP contribution in [-0.2, 0) is 19.9 Å². The molecule has 2 aromatic heterocycles. The third-order valence-corrected chi connectivity index (χ3v) is 3.18. The fourth-order valence-electron chi connectivity index (χ4n) is 1.61. The van der Waals surface area contributed by atoms with E-state index >= 15 is 0 Å². The Kier molecular flexibility index (Phi) is 3.18. The van der Waals surface area contributed by atoms with Gasteiger partial charge in [0.25, 0.3) is 0 Å². The molecule has 0 aromatic carbocycles. The van der Waals surface area contributed by atoms with E-state index in [0.29, 0.717) is 0 Å². The summed E-state index contributed by atoms with van der Waals surface area (Å²) < 4.78 is 2.02. The largest absolute Gasteiger partial charge is 0.338 e. The number of rotatable bonds is 4. The average molecular weight is 221 g/mol. The molecule has 3 nitrogen and oxygen atoms in total. The fraction of sp³-hybridized carbons (Fsp3) is 0.364. The molecular weight excluding hydrogens is 206 g/mol. The smallest absolute Gasteiger partial charge is 0.109 e. The highest BCUT2D eigenvalue weighted by Crippen LogP contribution is 2.09. The third-order valence-electron chi connectivity index (χ3n) is 2.44. The molecule has 0 aliphatic heterocycles. The van der Waals surface area contributed by atoms with Crippen LogP contribution in [0.15, 0.2) is 29.2 Å². The molecule has 80 valence electrons. The van der Waals surface area contributed by atoms with Gasteiger partial charge in [0.15, 0.2) is 0 Å². The quantitative estimate of drug-likeness (QED) is 0.852. The Bertz CT molecular complexity index is 405. The van der Waals surface area contributed by atoms with E-state index in [9.17, 15) is 0 Å². The molecule has 0 spiro atoms. The van der Waals surface area contributed by atoms with Crippen LogP contribution in [0.25, 0.3) is 0 Å². The fourth-order valence-corrected chi connectivity index (χ4v) is 2.29. The lowest BCUT2D eigenvalue weighted by atomic mass is 10.1. The minimum atomic E-state index is 0.153. The molecule has 0 saturated carbocycles. The van der Waals surface area contributed by atoms with E-state index in [2.05, 4.69) is 21.8 Å². The number of imidazole rings is 1. The molecule has 2 rings (SSSR count). The van der Waals surface area contributed by atoms with E-state index in [-0.39, 0.29) is 6.04 Å². The second-order valence-electron chi connectivity index (χ2n) is 3.75. The van der Waals surface area contributed by atoms with Gasteiger partial charge in [0.05, 0.1) is 0 Å². The van der Waals surface area contributed by atoms with Gasteiger partial charge in [0, 0.05) is 31.9 Å². The maximum absolute atomic E-state index is 6.08. The summed E-state index contributed by atoms with van der Waals surface area (Å²) in [6.07, 6.45) is 5.52. The van der Waals surface area contributed by atoms with E-state index in [0.717, 1.165) is 18.7 Å². The van der Waals surface area contributed by atoms with Crippen LogP contribution in [0.4, 0.5) is 0 Å². The molecule has 0 saturated heterocycles. The van der Waals surface area contributed by atoms with Crippen LogP contribution >= 0.6 is 11.3 Å². The first-order chi connectivity index (χ1) is 7.25. The highest BCUT2D eigenvalue weighted by atomic mass is 32.1. The average Bonchev–Trinajstić information content (AvgIpc) is 2.79. The Hall–Kier alpha value is -1.13. The lowest BCUT2D eigenvalue weighted by molar-refractivity contribution is 0.623. The van der Waals surface area contributed by atoms with E-state index in [1.54, 1.807) is 11.3 Å². The van der Waals surface area contributed by atoms with Gasteiger partial charge >= 0.3 is 0 Å². The molecule has 0 amide bonds. The minimum Gasteiger partial charge on any atom is -0.338 e. The summed E-state index contributed by atoms with van der Waals surface area (Å²) in [7, 11) is 2.00. The summed E-state index contributed by atoms with van der Waals surface area (Å²) >= 11 is 1.72. The van der Waals surface area contributed by atoms with Crippen molar-refractivity contribution in [2.24, 2.45) is 12.8 Å². The topological polar surface area (TPSA) is 43.8 Å². The minimum absolute atomic E-state index is 0.153. The Morgan fingerprint density at radius 2 is 2.40 bits per heavy atom. The van der Waals surface area contributed by atoms with Gasteiger partial charge in [0.2, 0.25) is 0 Å². The zero-order chi connectivity index (χ0) is 10.7. The third kappa shape index (κ3) is 2.67. The van der Waals surface area contributed by atoms with Crippen LogP contribution in [0.1, 0.15) is 11.4 Å². The maximum atomic E-state index is 6.08. The van der Waals surface area contributed by atoms with Gasteiger partial charge in [-0.1, -0.05) is 0 Å². The lowest BCUT2D eigenvalue weighted by Crippen LogP contribution is -2.26. The van der Waals surface area contributed by atoms with Crippen molar-refractivity contribution < 1.29 is 0 Å². The molecule has 2 aromatic rings. The molecule has 0 fully saturated rings. The van der Waals surface area contributed by atoms with Crippen LogP contribution in [0, 0.1) is 0 Å². The van der Waals surface area contributed by atoms with Crippen LogP contribution < -0.4 is 5.73 Å². The summed E-state index contributed by atoms with van der Waals surface area (Å²) in [5, 5.41) is 4.24. The van der Waals surface area contributed by atoms with Gasteiger partial charge in [-0.2, -0.15) is 11.3 Å². The molecule has 1 atom stereocenters. The number of nitrogens with two attached hydrogens (primary N) is 1. The van der Waals surface area contributed by atoms with Crippen molar-refractivity contribution in [3.63, 3.8) is 0 Å². The molecular formula is C11H15N3S. The van der Waals surface area contributed by atoms with E-state index in [1.807, 2.05) is 24.0 Å². The molecule has 0 aliphatic carbocycles. The molecule has 4 heteroatoms. The highest BCUT2D eigenvalue weighted by molar-refractivity contribution is 7.07. The van der Waals surface area contributed by atoms with E-state index in [1.165, 1.54) is 5.56 Å². The number of nitrogens with zero attached hydrogens (tertiary/aromatic N) is 2. The van der Waals surface area contributed by atoms with Crippen LogP contribution in [0.2, 0.25) is 0 Å². The van der Waals surface area contributed by atoms with Gasteiger partial charge in [-0.25, -0.2) is 4.98 Å². The van der Waals surface area contributed by atoms with E-state index < -0.39 is 0 Å². The molecule has 2 N–H and O–H groups in total. The van der Waals surface area contributed by atoms with Crippen molar-refractivity contribution in [2.45, 2.75) is 18.9 Å². The van der Waals surface area contributed by atoms with Crippen LogP contribution in [0.3, 0.4) is 0 Å². The summed E-state index contributed by atoms with van der Waals surface area (Å²) in [6.45, 7) is 0. The van der Waals surface area contributed by atoms with E-state index in [4.69, 9.17) is 5.73 Å². The molecule has 2 heterocycles. The number of hydrogen-bond acceptors (Lipinski definition) is 3. The van der Waals surface area contributed by atoms with Gasteiger partial charge in [-0.15, -0.1) is 0 Å². The van der Waals surface area contributed by atoms with Crippen LogP contribution in [0.5, 0.6) is 0 Å². The first kappa shape index (κ1) is 10.4. The second-order valence-corrected chi connectivity index (χ2v) is 4.53. The normalized spacial score (nSPS) is 12.9. The summed E-state index contributed by atoms with van der Waals surface area (Å²) in [4.78, 5) is 4.27. The van der Waals surface area contributed by atoms with Crippen molar-refractivity contribution in [3.8, 4) is 0 Å². The number of thiophene rings is 1. The predicted octanol–water partition coefficient (Wildman–Crippen LogP) is 1.59. The summed E-state index contributed by atoms with van der Waals surface area (Å²) in [5.74, 6) is 1.05. The second kappa shape index (κ2) is 4.59. The van der Waals surface area contributed by atoms with Crippen LogP contribution in [-0.4, -0.2) is 15.6 Å². The number of hydrogen-bond donors (Lipinski definition) is 1. The predicted molar refractivity (Wildman–Crippen MR) is 62.9 cm³/mol. The standard InChI is InChI=1S/C11H15N3S/c1-14-4-3-13-11(14)7-10(12)6-9-2-5-15-8-9/h2-5,8,10H,6-7,12H2,1H3. The van der Waals surface area contributed by atoms with Gasteiger partial charge < -0.3 is 10.3 Å². The Morgan fingerprint density at radius 1 is 1.53 bits per heavy atom. The highest BCUT2D eigenvalue weighted by Gasteiger charge is 2.08. The van der Waals surface area contributed by atoms with Crippen molar-refractivity contribution in [1.29, 1.82) is 0 Å². The van der Waals surface area contributed by atoms with Crippen molar-refractivity contribution in [3.05, 3.63) is 40.6 Å². The first-order valence-electron chi connectivity index (χ1n) is 4.98. The lowest BCUT2D eigenvalue weighted by Gasteiger charge is -2.10. The SMILES string of the molecule is Cn1ccnc1CC(N)Cc1ccsc1. The Morgan fingerprint density at radius 3 is 3.00 bits per heavy atom. The Balaban J connectivity index is 1.93. The molecule has 0 radical (unpaired) electrons. The zero-order valence-corrected chi connectivity index (χ0v) is 9.57. The van der Waals surface area contributed by atoms with Gasteiger partial charge in [-0.05, 0) is 28.8 Å². The molecule has 0 aliphatic rings. The molecule has 0 bridgehead atoms. The number of aromatic nitrogens is 2. The first-order valence-corrected chi connectivity index (χ1v) is 5.93. The molecule has 1 unspecified atom stereocenters. The monoisotopic (exact) mass is 221 g/mol. The Labute approximate surface area is 93.6 Å². The van der Waals surface area contributed by atoms with Gasteiger partial charge in [-0.3, -0.25) is 0 Å². The zero-order valence-electron chi connectivity index (χ0n) is 8.76. The van der Waals surface area contributed by atoms with Crippen molar-refractivity contribution in [2.75, 3.05) is 0 Å². The van der Waals surface area contributed by atoms with Gasteiger partial charge in [0.1, 0.15) is 5.82 Å². The summed E-state index contributed by atoms with van der Waals surface area (Å²) in [5.41, 5.74) is 7.40. The summed E-state index contributed by atoms with van der Waals surface area (Å²) in [6, 6.07) is 2.28. The maximum Gasteiger partial charge on any atom is 0.109 e. The van der Waals surface area contributed by atoms with Crippen molar-refractivity contribution in [1.82, 2.24) is 9.55 Å². The van der Waals surface area contributed by atoms with Crippen molar-refractivity contribution >= 4 is 11.3 Å².